The third-order valence-electron chi connectivity index (χ3n) is 9.86. The quantitative estimate of drug-likeness (QED) is 0.259. The van der Waals surface area contributed by atoms with Gasteiger partial charge in [0.2, 0.25) is 0 Å². The van der Waals surface area contributed by atoms with Crippen LogP contribution in [0.3, 0.4) is 0 Å². The Morgan fingerprint density at radius 1 is 1.05 bits per heavy atom. The first-order valence-corrected chi connectivity index (χ1v) is 14.7. The Morgan fingerprint density at radius 3 is 2.41 bits per heavy atom. The smallest absolute Gasteiger partial charge is 0.0849 e. The maximum absolute atomic E-state index is 10.6. The van der Waals surface area contributed by atoms with Crippen LogP contribution < -0.4 is 0 Å². The van der Waals surface area contributed by atoms with Crippen molar-refractivity contribution in [1.82, 2.24) is 0 Å². The van der Waals surface area contributed by atoms with E-state index in [1.54, 1.807) is 13.8 Å². The maximum atomic E-state index is 10.6. The predicted octanol–water partition coefficient (Wildman–Crippen LogP) is 5.60. The van der Waals surface area contributed by atoms with Gasteiger partial charge in [0.15, 0.2) is 0 Å². The van der Waals surface area contributed by atoms with Gasteiger partial charge in [-0.3, -0.25) is 0 Å². The molecule has 3 rings (SSSR count). The van der Waals surface area contributed by atoms with E-state index in [2.05, 4.69) is 25.7 Å². The van der Waals surface area contributed by atoms with Crippen molar-refractivity contribution in [2.75, 3.05) is 0 Å². The molecule has 3 aliphatic carbocycles. The monoisotopic (exact) mass is 518 g/mol. The van der Waals surface area contributed by atoms with E-state index >= 15 is 0 Å². The summed E-state index contributed by atoms with van der Waals surface area (Å²) in [6.07, 6.45) is 13.4. The zero-order valence-electron chi connectivity index (χ0n) is 24.0. The van der Waals surface area contributed by atoms with E-state index in [9.17, 15) is 25.5 Å². The summed E-state index contributed by atoms with van der Waals surface area (Å²) in [6.45, 7) is 13.7. The van der Waals surface area contributed by atoms with Crippen molar-refractivity contribution in [2.45, 2.75) is 141 Å². The lowest BCUT2D eigenvalue weighted by Crippen LogP contribution is -2.39. The highest BCUT2D eigenvalue weighted by molar-refractivity contribution is 5.38. The van der Waals surface area contributed by atoms with Gasteiger partial charge in [-0.2, -0.15) is 0 Å². The maximum Gasteiger partial charge on any atom is 0.0849 e. The summed E-state index contributed by atoms with van der Waals surface area (Å²) in [5, 5.41) is 51.5. The first kappa shape index (κ1) is 30.6. The molecule has 0 saturated heterocycles. The number of allylic oxidation sites excluding steroid dienone is 3. The van der Waals surface area contributed by atoms with Crippen molar-refractivity contribution in [3.8, 4) is 0 Å². The lowest BCUT2D eigenvalue weighted by atomic mass is 9.60. The number of rotatable bonds is 10. The highest BCUT2D eigenvalue weighted by Gasteiger charge is 2.51. The second-order valence-electron chi connectivity index (χ2n) is 13.9. The third-order valence-corrected chi connectivity index (χ3v) is 9.86. The van der Waals surface area contributed by atoms with Gasteiger partial charge in [-0.25, -0.2) is 0 Å². The van der Waals surface area contributed by atoms with E-state index in [-0.39, 0.29) is 5.41 Å². The average molecular weight is 519 g/mol. The molecule has 7 atom stereocenters. The Kier molecular flexibility index (Phi) is 9.94. The SMILES string of the molecule is C=C1/C(=C\C=C2/CCC[C@@]3(C)C2CC[C@@H]3[C@@H](CCCC(C)(C)O)CCC(O)C(C)(C)O)CC(O)C[C@@H]1O. The molecule has 5 nitrogen and oxygen atoms in total. The van der Waals surface area contributed by atoms with Crippen LogP contribution in [0.5, 0.6) is 0 Å². The van der Waals surface area contributed by atoms with Crippen LogP contribution in [0.15, 0.2) is 35.5 Å². The average Bonchev–Trinajstić information content (AvgIpc) is 3.13. The number of hydrogen-bond donors (Lipinski definition) is 5. The number of fused-ring (bicyclic) bond motifs is 1. The molecule has 37 heavy (non-hydrogen) atoms. The van der Waals surface area contributed by atoms with Crippen molar-refractivity contribution in [2.24, 2.45) is 23.2 Å². The van der Waals surface area contributed by atoms with Gasteiger partial charge >= 0.3 is 0 Å². The van der Waals surface area contributed by atoms with Crippen LogP contribution in [0.1, 0.15) is 112 Å². The minimum absolute atomic E-state index is 0.199. The molecule has 212 valence electrons. The number of aliphatic hydroxyl groups is 5. The molecule has 0 bridgehead atoms. The molecular formula is C32H54O5. The second-order valence-corrected chi connectivity index (χ2v) is 13.9. The normalized spacial score (nSPS) is 35.1. The molecule has 3 saturated carbocycles. The Morgan fingerprint density at radius 2 is 1.76 bits per heavy atom. The molecule has 0 radical (unpaired) electrons. The van der Waals surface area contributed by atoms with E-state index in [4.69, 9.17) is 0 Å². The van der Waals surface area contributed by atoms with Gasteiger partial charge < -0.3 is 25.5 Å². The fourth-order valence-electron chi connectivity index (χ4n) is 7.59. The summed E-state index contributed by atoms with van der Waals surface area (Å²) in [4.78, 5) is 0. The van der Waals surface area contributed by atoms with Gasteiger partial charge in [0.25, 0.3) is 0 Å². The van der Waals surface area contributed by atoms with Crippen LogP contribution in [0.4, 0.5) is 0 Å². The zero-order valence-corrected chi connectivity index (χ0v) is 24.0. The largest absolute Gasteiger partial charge is 0.393 e. The molecule has 3 aliphatic rings. The van der Waals surface area contributed by atoms with Gasteiger partial charge in [0.1, 0.15) is 0 Å². The van der Waals surface area contributed by atoms with Crippen LogP contribution >= 0.6 is 0 Å². The lowest BCUT2D eigenvalue weighted by molar-refractivity contribution is -0.0563. The predicted molar refractivity (Wildman–Crippen MR) is 150 cm³/mol. The molecule has 0 aromatic rings. The van der Waals surface area contributed by atoms with Crippen molar-refractivity contribution in [1.29, 1.82) is 0 Å². The van der Waals surface area contributed by atoms with Gasteiger partial charge in [-0.1, -0.05) is 44.1 Å². The molecule has 0 amide bonds. The molecule has 3 fully saturated rings. The van der Waals surface area contributed by atoms with Crippen LogP contribution in [0.2, 0.25) is 0 Å². The highest BCUT2D eigenvalue weighted by atomic mass is 16.3. The molecule has 5 N–H and O–H groups in total. The first-order chi connectivity index (χ1) is 17.1. The van der Waals surface area contributed by atoms with E-state index in [1.807, 2.05) is 13.8 Å². The Balaban J connectivity index is 1.79. The van der Waals surface area contributed by atoms with E-state index < -0.39 is 29.5 Å². The van der Waals surface area contributed by atoms with E-state index in [0.29, 0.717) is 37.0 Å². The lowest BCUT2D eigenvalue weighted by Gasteiger charge is -2.45. The molecule has 3 unspecified atom stereocenters. The summed E-state index contributed by atoms with van der Waals surface area (Å²) in [5.41, 5.74) is 1.62. The summed E-state index contributed by atoms with van der Waals surface area (Å²) in [6, 6.07) is 0. The van der Waals surface area contributed by atoms with Crippen molar-refractivity contribution in [3.63, 3.8) is 0 Å². The van der Waals surface area contributed by atoms with Crippen LogP contribution in [0, 0.1) is 23.2 Å². The van der Waals surface area contributed by atoms with Crippen LogP contribution in [-0.2, 0) is 0 Å². The van der Waals surface area contributed by atoms with Crippen LogP contribution in [-0.4, -0.2) is 55.0 Å². The summed E-state index contributed by atoms with van der Waals surface area (Å²) < 4.78 is 0. The fraction of sp³-hybridized carbons (Fsp3) is 0.812. The van der Waals surface area contributed by atoms with Gasteiger partial charge in [-0.05, 0) is 120 Å². The molecule has 0 heterocycles. The number of hydrogen-bond acceptors (Lipinski definition) is 5. The Bertz CT molecular complexity index is 844. The van der Waals surface area contributed by atoms with E-state index in [1.165, 1.54) is 24.8 Å². The van der Waals surface area contributed by atoms with Crippen LogP contribution in [0.25, 0.3) is 0 Å². The van der Waals surface area contributed by atoms with Crippen molar-refractivity contribution >= 4 is 0 Å². The summed E-state index contributed by atoms with van der Waals surface area (Å²) in [5.74, 6) is 1.53. The van der Waals surface area contributed by atoms with Gasteiger partial charge in [0, 0.05) is 6.42 Å². The molecule has 5 heteroatoms. The summed E-state index contributed by atoms with van der Waals surface area (Å²) >= 11 is 0. The Hall–Kier alpha value is -0.980. The third kappa shape index (κ3) is 7.79. The van der Waals surface area contributed by atoms with Gasteiger partial charge in [0.05, 0.1) is 29.5 Å². The number of aliphatic hydroxyl groups excluding tert-OH is 3. The molecule has 0 aliphatic heterocycles. The topological polar surface area (TPSA) is 101 Å². The van der Waals surface area contributed by atoms with Gasteiger partial charge in [-0.15, -0.1) is 0 Å². The highest BCUT2D eigenvalue weighted by Crippen LogP contribution is 2.60. The minimum Gasteiger partial charge on any atom is -0.393 e. The van der Waals surface area contributed by atoms with Crippen molar-refractivity contribution < 1.29 is 25.5 Å². The minimum atomic E-state index is -1.10. The Labute approximate surface area is 225 Å². The molecule has 0 aromatic heterocycles. The molecule has 0 aromatic carbocycles. The standard InChI is InChI=1S/C32H54O5/c1-21-24(19-25(33)20-28(21)34)12-11-22-10-8-18-32(6)26(22)14-15-27(32)23(9-7-17-30(2,3)36)13-16-29(35)31(4,5)37/h11-12,23,25-29,33-37H,1,7-10,13-20H2,2-6H3/b22-11+,24-12-/t23-,25?,26?,27+,28-,29?,32-/m0/s1. The van der Waals surface area contributed by atoms with Crippen molar-refractivity contribution in [3.05, 3.63) is 35.5 Å². The van der Waals surface area contributed by atoms with E-state index in [0.717, 1.165) is 49.7 Å². The summed E-state index contributed by atoms with van der Waals surface area (Å²) in [7, 11) is 0. The molecular weight excluding hydrogens is 464 g/mol. The first-order valence-electron chi connectivity index (χ1n) is 14.7. The molecule has 0 spiro atoms. The fourth-order valence-corrected chi connectivity index (χ4v) is 7.59. The zero-order chi connectivity index (χ0) is 27.6. The second kappa shape index (κ2) is 12.0.